The minimum absolute atomic E-state index is 0.121. The molecule has 0 aliphatic carbocycles. The molecule has 71 heavy (non-hydrogen) atoms. The number of nitrogens with zero attached hydrogens (tertiary/aromatic N) is 3. The third-order valence-corrected chi connectivity index (χ3v) is 14.4. The molecule has 5 atom stereocenters. The molecule has 0 bridgehead atoms. The minimum Gasteiger partial charge on any atom is -0.464 e. The number of methoxy groups -OCH3 is 1. The van der Waals surface area contributed by atoms with E-state index in [1.165, 1.54) is 122 Å². The maximum Gasteiger partial charge on any atom is 0.328 e. The number of aliphatic hydroxyl groups excluding tert-OH is 3. The van der Waals surface area contributed by atoms with Crippen molar-refractivity contribution in [1.29, 1.82) is 0 Å². The predicted octanol–water partition coefficient (Wildman–Crippen LogP) is 12.8. The van der Waals surface area contributed by atoms with E-state index in [2.05, 4.69) is 52.8 Å². The molecule has 0 aromatic carbocycles. The number of carbonyl (C=O) groups excluding carboxylic acids is 2. The van der Waals surface area contributed by atoms with Gasteiger partial charge in [-0.25, -0.2) is 9.78 Å². The molecule has 1 aromatic rings. The van der Waals surface area contributed by atoms with Gasteiger partial charge >= 0.3 is 5.97 Å². The van der Waals surface area contributed by atoms with Crippen molar-refractivity contribution in [3.8, 4) is 0 Å². The minimum atomic E-state index is -0.759. The number of esters is 1. The molecule has 418 valence electrons. The van der Waals surface area contributed by atoms with Gasteiger partial charge in [-0.1, -0.05) is 195 Å². The standard InChI is InChI=1S/C59H115N5O7/c1-6-10-14-18-22-25-30-38-55(67)49-64(50-56(70-5)39-31-26-21-17-13-9-4)44-34-35-45-71-59(69)57(42-41-52-46-60-51-61-52)62-58(68)40-32-27-33-43-63(47-53(65)36-28-23-19-15-11-7-2)48-54(66)37-29-24-20-16-12-8-3/h46,51,53-57,65-67H,6-45,47-50H2,1-5H3,(H,60,61)(H,62,68). The number of aliphatic hydroxyl groups is 3. The number of imidazole rings is 1. The molecule has 1 heterocycles. The highest BCUT2D eigenvalue weighted by Gasteiger charge is 2.23. The molecule has 12 heteroatoms. The molecular weight excluding hydrogens is 891 g/mol. The number of amides is 1. The normalized spacial score (nSPS) is 14.0. The number of hydrogen-bond acceptors (Lipinski definition) is 10. The number of unbranched alkanes of at least 4 members (excludes halogenated alkanes) is 24. The fourth-order valence-corrected chi connectivity index (χ4v) is 9.81. The number of aromatic amines is 1. The Kier molecular flexibility index (Phi) is 46.0. The molecule has 0 saturated carbocycles. The second kappa shape index (κ2) is 48.8. The van der Waals surface area contributed by atoms with Gasteiger partial charge in [-0.3, -0.25) is 14.6 Å². The lowest BCUT2D eigenvalue weighted by Crippen LogP contribution is -2.42. The van der Waals surface area contributed by atoms with Crippen molar-refractivity contribution in [2.24, 2.45) is 0 Å². The van der Waals surface area contributed by atoms with Crippen molar-refractivity contribution >= 4 is 11.9 Å². The van der Waals surface area contributed by atoms with Crippen LogP contribution in [0.1, 0.15) is 265 Å². The Bertz CT molecular complexity index is 1270. The van der Waals surface area contributed by atoms with Crippen molar-refractivity contribution in [2.45, 2.75) is 296 Å². The summed E-state index contributed by atoms with van der Waals surface area (Å²) in [6.07, 6.45) is 41.4. The fourth-order valence-electron chi connectivity index (χ4n) is 9.81. The highest BCUT2D eigenvalue weighted by Crippen LogP contribution is 2.17. The smallest absolute Gasteiger partial charge is 0.328 e. The maximum absolute atomic E-state index is 13.6. The van der Waals surface area contributed by atoms with Gasteiger partial charge in [0.15, 0.2) is 0 Å². The van der Waals surface area contributed by atoms with Crippen molar-refractivity contribution in [1.82, 2.24) is 25.1 Å². The van der Waals surface area contributed by atoms with Gasteiger partial charge in [0.1, 0.15) is 6.04 Å². The van der Waals surface area contributed by atoms with Gasteiger partial charge in [0.25, 0.3) is 0 Å². The van der Waals surface area contributed by atoms with Gasteiger partial charge in [-0.2, -0.15) is 0 Å². The van der Waals surface area contributed by atoms with Crippen LogP contribution >= 0.6 is 0 Å². The molecule has 0 saturated heterocycles. The number of nitrogens with one attached hydrogen (secondary N) is 2. The van der Waals surface area contributed by atoms with E-state index < -0.39 is 24.2 Å². The summed E-state index contributed by atoms with van der Waals surface area (Å²) < 4.78 is 11.8. The van der Waals surface area contributed by atoms with Gasteiger partial charge in [0.2, 0.25) is 5.91 Å². The first-order valence-corrected chi connectivity index (χ1v) is 30.1. The highest BCUT2D eigenvalue weighted by molar-refractivity contribution is 5.84. The van der Waals surface area contributed by atoms with Crippen LogP contribution in [0, 0.1) is 0 Å². The van der Waals surface area contributed by atoms with Gasteiger partial charge in [0.05, 0.1) is 37.4 Å². The summed E-state index contributed by atoms with van der Waals surface area (Å²) in [6, 6.07) is -0.759. The molecule has 1 aromatic heterocycles. The van der Waals surface area contributed by atoms with Crippen molar-refractivity contribution in [3.63, 3.8) is 0 Å². The van der Waals surface area contributed by atoms with Gasteiger partial charge < -0.3 is 35.1 Å². The Labute approximate surface area is 436 Å². The van der Waals surface area contributed by atoms with Crippen LogP contribution in [-0.2, 0) is 25.5 Å². The molecule has 0 aliphatic rings. The Morgan fingerprint density at radius 2 is 0.972 bits per heavy atom. The van der Waals surface area contributed by atoms with Crippen LogP contribution in [0.25, 0.3) is 0 Å². The first-order chi connectivity index (χ1) is 34.6. The summed E-state index contributed by atoms with van der Waals surface area (Å²) in [7, 11) is 1.81. The zero-order valence-corrected chi connectivity index (χ0v) is 47.0. The average Bonchev–Trinajstić information content (AvgIpc) is 3.88. The summed E-state index contributed by atoms with van der Waals surface area (Å²) in [5.74, 6) is -0.565. The number of rotatable bonds is 54. The second-order valence-corrected chi connectivity index (χ2v) is 21.3. The number of hydrogen-bond donors (Lipinski definition) is 5. The molecule has 0 fully saturated rings. The largest absolute Gasteiger partial charge is 0.464 e. The van der Waals surface area contributed by atoms with Gasteiger partial charge in [-0.05, 0) is 77.3 Å². The molecule has 1 rings (SSSR count). The molecule has 0 radical (unpaired) electrons. The number of aryl methyl sites for hydroxylation is 1. The summed E-state index contributed by atoms with van der Waals surface area (Å²) in [5, 5.41) is 36.1. The van der Waals surface area contributed by atoms with Crippen molar-refractivity contribution < 1.29 is 34.4 Å². The molecular formula is C59H115N5O7. The van der Waals surface area contributed by atoms with Crippen molar-refractivity contribution in [3.05, 3.63) is 18.2 Å². The molecule has 5 N–H and O–H groups in total. The van der Waals surface area contributed by atoms with Crippen LogP contribution < -0.4 is 5.32 Å². The molecule has 5 unspecified atom stereocenters. The van der Waals surface area contributed by atoms with Crippen LogP contribution in [0.2, 0.25) is 0 Å². The molecule has 0 spiro atoms. The Morgan fingerprint density at radius 3 is 1.42 bits per heavy atom. The maximum atomic E-state index is 13.6. The monoisotopic (exact) mass is 1010 g/mol. The average molecular weight is 1010 g/mol. The second-order valence-electron chi connectivity index (χ2n) is 21.3. The SMILES string of the molecule is CCCCCCCCCC(O)CN(CCCCOC(=O)C(CCc1cnc[nH]1)NC(=O)CCCCCN(CC(O)CCCCCCCC)CC(O)CCCCCCCC)CC(CCCCCCCC)OC. The number of H-pyrrole nitrogens is 1. The summed E-state index contributed by atoms with van der Waals surface area (Å²) >= 11 is 0. The molecule has 1 amide bonds. The van der Waals surface area contributed by atoms with E-state index in [9.17, 15) is 24.9 Å². The molecule has 0 aliphatic heterocycles. The summed E-state index contributed by atoms with van der Waals surface area (Å²) in [4.78, 5) is 38.7. The Hall–Kier alpha value is -2.09. The predicted molar refractivity (Wildman–Crippen MR) is 296 cm³/mol. The summed E-state index contributed by atoms with van der Waals surface area (Å²) in [5.41, 5.74) is 0.899. The van der Waals surface area contributed by atoms with E-state index in [0.29, 0.717) is 51.7 Å². The van der Waals surface area contributed by atoms with E-state index >= 15 is 0 Å². The number of ether oxygens (including phenoxy) is 2. The van der Waals surface area contributed by atoms with E-state index in [4.69, 9.17) is 9.47 Å². The van der Waals surface area contributed by atoms with Gasteiger partial charge in [0, 0.05) is 51.6 Å². The third-order valence-electron chi connectivity index (χ3n) is 14.4. The van der Waals surface area contributed by atoms with Crippen molar-refractivity contribution in [2.75, 3.05) is 53.0 Å². The van der Waals surface area contributed by atoms with Gasteiger partial charge in [-0.15, -0.1) is 0 Å². The highest BCUT2D eigenvalue weighted by atomic mass is 16.5. The van der Waals surface area contributed by atoms with Crippen LogP contribution in [0.3, 0.4) is 0 Å². The van der Waals surface area contributed by atoms with Crippen LogP contribution in [0.4, 0.5) is 0 Å². The zero-order valence-electron chi connectivity index (χ0n) is 47.0. The fraction of sp³-hybridized carbons (Fsp3) is 0.915. The third kappa shape index (κ3) is 40.9. The quantitative estimate of drug-likeness (QED) is 0.0314. The van der Waals surface area contributed by atoms with Crippen LogP contribution in [0.15, 0.2) is 12.5 Å². The van der Waals surface area contributed by atoms with E-state index in [1.54, 1.807) is 12.5 Å². The summed E-state index contributed by atoms with van der Waals surface area (Å²) in [6.45, 7) is 13.3. The topological polar surface area (TPSA) is 160 Å². The van der Waals surface area contributed by atoms with Crippen LogP contribution in [0.5, 0.6) is 0 Å². The number of aromatic nitrogens is 2. The Balaban J connectivity index is 2.73. The first-order valence-electron chi connectivity index (χ1n) is 30.1. The zero-order chi connectivity index (χ0) is 51.8. The lowest BCUT2D eigenvalue weighted by atomic mass is 10.0. The number of carbonyl (C=O) groups is 2. The van der Waals surface area contributed by atoms with E-state index in [-0.39, 0.29) is 24.7 Å². The molecule has 12 nitrogen and oxygen atoms in total. The van der Waals surface area contributed by atoms with E-state index in [0.717, 1.165) is 109 Å². The lowest BCUT2D eigenvalue weighted by Gasteiger charge is -2.29. The van der Waals surface area contributed by atoms with Crippen LogP contribution in [-0.4, -0.2) is 130 Å². The van der Waals surface area contributed by atoms with E-state index in [1.807, 2.05) is 7.11 Å². The lowest BCUT2D eigenvalue weighted by molar-refractivity contribution is -0.148. The first kappa shape index (κ1) is 66.9. The Morgan fingerprint density at radius 1 is 0.549 bits per heavy atom.